The van der Waals surface area contributed by atoms with Crippen LogP contribution in [0.1, 0.15) is 27.7 Å². The first-order valence-electron chi connectivity index (χ1n) is 5.64. The highest BCUT2D eigenvalue weighted by molar-refractivity contribution is 7.87. The Morgan fingerprint density at radius 2 is 1.81 bits per heavy atom. The van der Waals surface area contributed by atoms with Crippen molar-refractivity contribution in [3.05, 3.63) is 0 Å². The van der Waals surface area contributed by atoms with Gasteiger partial charge in [0, 0.05) is 19.6 Å². The van der Waals surface area contributed by atoms with E-state index in [4.69, 9.17) is 0 Å². The van der Waals surface area contributed by atoms with Crippen LogP contribution in [0.15, 0.2) is 0 Å². The molecule has 6 heteroatoms. The molecule has 0 aliphatic carbocycles. The van der Waals surface area contributed by atoms with Gasteiger partial charge in [-0.05, 0) is 11.8 Å². The molecule has 1 aliphatic rings. The van der Waals surface area contributed by atoms with Crippen LogP contribution in [0, 0.1) is 11.8 Å². The van der Waals surface area contributed by atoms with Gasteiger partial charge in [0.15, 0.2) is 0 Å². The largest absolute Gasteiger partial charge is 0.387 e. The molecule has 5 nitrogen and oxygen atoms in total. The lowest BCUT2D eigenvalue weighted by atomic mass is 9.85. The Morgan fingerprint density at radius 3 is 2.19 bits per heavy atom. The lowest BCUT2D eigenvalue weighted by molar-refractivity contribution is -0.0936. The highest BCUT2D eigenvalue weighted by Crippen LogP contribution is 2.30. The normalized spacial score (nSPS) is 21.4. The Kier molecular flexibility index (Phi) is 3.99. The number of nitrogens with zero attached hydrogens (tertiary/aromatic N) is 1. The van der Waals surface area contributed by atoms with Crippen molar-refractivity contribution in [2.75, 3.05) is 19.6 Å². The average molecular weight is 250 g/mol. The number of nitrogens with one attached hydrogen (secondary N) is 1. The molecule has 0 amide bonds. The summed E-state index contributed by atoms with van der Waals surface area (Å²) in [7, 11) is -3.40. The summed E-state index contributed by atoms with van der Waals surface area (Å²) in [6, 6.07) is 0. The molecular formula is C10H22N2O3S. The molecule has 0 radical (unpaired) electrons. The standard InChI is InChI=1S/C10H22N2O3S/c1-8(2)5-11-16(14,15)12-6-10(13,7-12)9(3)4/h8-9,11,13H,5-7H2,1-4H3. The fourth-order valence-electron chi connectivity index (χ4n) is 1.46. The fraction of sp³-hybridized carbons (Fsp3) is 1.00. The summed E-state index contributed by atoms with van der Waals surface area (Å²) in [5.41, 5.74) is -0.855. The van der Waals surface area contributed by atoms with Gasteiger partial charge in [0.2, 0.25) is 0 Å². The Morgan fingerprint density at radius 1 is 1.31 bits per heavy atom. The van der Waals surface area contributed by atoms with Crippen molar-refractivity contribution in [2.24, 2.45) is 11.8 Å². The van der Waals surface area contributed by atoms with E-state index in [0.29, 0.717) is 6.54 Å². The Labute approximate surface area is 98.0 Å². The summed E-state index contributed by atoms with van der Waals surface area (Å²) in [5.74, 6) is 0.351. The molecule has 0 spiro atoms. The van der Waals surface area contributed by atoms with Gasteiger partial charge in [0.25, 0.3) is 10.2 Å². The molecule has 2 N–H and O–H groups in total. The zero-order valence-corrected chi connectivity index (χ0v) is 11.2. The van der Waals surface area contributed by atoms with Crippen LogP contribution in [-0.2, 0) is 10.2 Å². The molecule has 1 fully saturated rings. The van der Waals surface area contributed by atoms with Crippen LogP contribution < -0.4 is 4.72 Å². The molecule has 0 aromatic carbocycles. The van der Waals surface area contributed by atoms with Crippen LogP contribution in [-0.4, -0.2) is 43.1 Å². The molecule has 96 valence electrons. The predicted molar refractivity (Wildman–Crippen MR) is 63.1 cm³/mol. The van der Waals surface area contributed by atoms with E-state index >= 15 is 0 Å². The van der Waals surface area contributed by atoms with E-state index < -0.39 is 15.8 Å². The topological polar surface area (TPSA) is 69.6 Å². The van der Waals surface area contributed by atoms with Crippen molar-refractivity contribution < 1.29 is 13.5 Å². The number of β-amino-alcohol motifs (C(OH)–C–C–N with tert-alkyl or cyclic N) is 1. The number of hydrogen-bond acceptors (Lipinski definition) is 3. The first-order valence-corrected chi connectivity index (χ1v) is 7.08. The summed E-state index contributed by atoms with van der Waals surface area (Å²) in [6.07, 6.45) is 0. The second-order valence-electron chi connectivity index (χ2n) is 5.27. The summed E-state index contributed by atoms with van der Waals surface area (Å²) < 4.78 is 27.3. The van der Waals surface area contributed by atoms with Crippen molar-refractivity contribution >= 4 is 10.2 Å². The molecule has 1 aliphatic heterocycles. The second-order valence-corrected chi connectivity index (χ2v) is 7.03. The van der Waals surface area contributed by atoms with E-state index in [1.54, 1.807) is 0 Å². The monoisotopic (exact) mass is 250 g/mol. The lowest BCUT2D eigenvalue weighted by Crippen LogP contribution is -2.67. The molecule has 0 saturated carbocycles. The molecule has 0 aromatic heterocycles. The minimum Gasteiger partial charge on any atom is -0.387 e. The molecule has 0 atom stereocenters. The Hall–Kier alpha value is -0.170. The van der Waals surface area contributed by atoms with Crippen molar-refractivity contribution in [3.63, 3.8) is 0 Å². The molecule has 16 heavy (non-hydrogen) atoms. The van der Waals surface area contributed by atoms with Crippen LogP contribution in [0.25, 0.3) is 0 Å². The van der Waals surface area contributed by atoms with Gasteiger partial charge >= 0.3 is 0 Å². The first kappa shape index (κ1) is 13.9. The van der Waals surface area contributed by atoms with Gasteiger partial charge in [-0.15, -0.1) is 0 Å². The van der Waals surface area contributed by atoms with Crippen LogP contribution >= 0.6 is 0 Å². The van der Waals surface area contributed by atoms with Crippen LogP contribution in [0.3, 0.4) is 0 Å². The second kappa shape index (κ2) is 4.60. The van der Waals surface area contributed by atoms with Gasteiger partial charge in [-0.2, -0.15) is 12.7 Å². The SMILES string of the molecule is CC(C)CNS(=O)(=O)N1CC(O)(C(C)C)C1. The molecule has 0 aromatic rings. The van der Waals surface area contributed by atoms with E-state index in [-0.39, 0.29) is 24.9 Å². The quantitative estimate of drug-likeness (QED) is 0.731. The highest BCUT2D eigenvalue weighted by atomic mass is 32.2. The Bertz CT molecular complexity index is 332. The first-order chi connectivity index (χ1) is 7.17. The fourth-order valence-corrected chi connectivity index (χ4v) is 2.98. The maximum atomic E-state index is 11.7. The van der Waals surface area contributed by atoms with Gasteiger partial charge in [-0.25, -0.2) is 4.72 Å². The van der Waals surface area contributed by atoms with Crippen LogP contribution in [0.2, 0.25) is 0 Å². The summed E-state index contributed by atoms with van der Waals surface area (Å²) >= 11 is 0. The van der Waals surface area contributed by atoms with E-state index in [1.807, 2.05) is 27.7 Å². The molecular weight excluding hydrogens is 228 g/mol. The maximum absolute atomic E-state index is 11.7. The summed E-state index contributed by atoms with van der Waals surface area (Å²) in [5, 5.41) is 9.96. The zero-order chi connectivity index (χ0) is 12.6. The number of rotatable bonds is 5. The van der Waals surface area contributed by atoms with Gasteiger partial charge in [0.1, 0.15) is 0 Å². The van der Waals surface area contributed by atoms with E-state index in [1.165, 1.54) is 4.31 Å². The van der Waals surface area contributed by atoms with Gasteiger partial charge < -0.3 is 5.11 Å². The third-order valence-corrected chi connectivity index (χ3v) is 4.46. The highest BCUT2D eigenvalue weighted by Gasteiger charge is 2.48. The van der Waals surface area contributed by atoms with Crippen molar-refractivity contribution in [3.8, 4) is 0 Å². The average Bonchev–Trinajstić information content (AvgIpc) is 2.09. The lowest BCUT2D eigenvalue weighted by Gasteiger charge is -2.47. The number of hydrogen-bond donors (Lipinski definition) is 2. The zero-order valence-electron chi connectivity index (χ0n) is 10.4. The van der Waals surface area contributed by atoms with Crippen molar-refractivity contribution in [1.82, 2.24) is 9.03 Å². The summed E-state index contributed by atoms with van der Waals surface area (Å²) in [6.45, 7) is 8.50. The summed E-state index contributed by atoms with van der Waals surface area (Å²) in [4.78, 5) is 0. The van der Waals surface area contributed by atoms with Crippen LogP contribution in [0.4, 0.5) is 0 Å². The minimum atomic E-state index is -3.40. The molecule has 0 unspecified atom stereocenters. The number of aliphatic hydroxyl groups is 1. The van der Waals surface area contributed by atoms with E-state index in [2.05, 4.69) is 4.72 Å². The van der Waals surface area contributed by atoms with Crippen molar-refractivity contribution in [2.45, 2.75) is 33.3 Å². The molecule has 1 rings (SSSR count). The third-order valence-electron chi connectivity index (χ3n) is 2.99. The van der Waals surface area contributed by atoms with Crippen molar-refractivity contribution in [1.29, 1.82) is 0 Å². The minimum absolute atomic E-state index is 0.0732. The van der Waals surface area contributed by atoms with Gasteiger partial charge in [0.05, 0.1) is 5.60 Å². The van der Waals surface area contributed by atoms with Gasteiger partial charge in [-0.1, -0.05) is 27.7 Å². The smallest absolute Gasteiger partial charge is 0.279 e. The van der Waals surface area contributed by atoms with Gasteiger partial charge in [-0.3, -0.25) is 0 Å². The molecule has 0 bridgehead atoms. The molecule has 1 heterocycles. The third kappa shape index (κ3) is 2.94. The Balaban J connectivity index is 2.50. The van der Waals surface area contributed by atoms with Crippen LogP contribution in [0.5, 0.6) is 0 Å². The van der Waals surface area contributed by atoms with E-state index in [0.717, 1.165) is 0 Å². The van der Waals surface area contributed by atoms with E-state index in [9.17, 15) is 13.5 Å². The molecule has 1 saturated heterocycles. The maximum Gasteiger partial charge on any atom is 0.279 e. The predicted octanol–water partition coefficient (Wildman–Crippen LogP) is 0.179.